The Hall–Kier alpha value is -1.77. The molecule has 1 amide bonds. The number of hydrogen-bond acceptors (Lipinski definition) is 2. The third kappa shape index (κ3) is 3.62. The molecule has 0 unspecified atom stereocenters. The highest BCUT2D eigenvalue weighted by molar-refractivity contribution is 5.79. The van der Waals surface area contributed by atoms with Crippen LogP contribution in [0, 0.1) is 0 Å². The van der Waals surface area contributed by atoms with Gasteiger partial charge in [-0.05, 0) is 31.7 Å². The zero-order valence-electron chi connectivity index (χ0n) is 10.5. The number of aromatic hydroxyl groups is 1. The SMILES string of the molecule is O=C(Cc1ccccc1O)NCCC1=CCCC1. The van der Waals surface area contributed by atoms with Crippen molar-refractivity contribution in [3.05, 3.63) is 41.5 Å². The van der Waals surface area contributed by atoms with E-state index in [-0.39, 0.29) is 18.1 Å². The molecule has 3 nitrogen and oxygen atoms in total. The second-order valence-corrected chi connectivity index (χ2v) is 4.66. The highest BCUT2D eigenvalue weighted by Gasteiger charge is 2.08. The third-order valence-corrected chi connectivity index (χ3v) is 3.25. The lowest BCUT2D eigenvalue weighted by atomic mass is 10.1. The Bertz CT molecular complexity index is 452. The van der Waals surface area contributed by atoms with Crippen molar-refractivity contribution >= 4 is 5.91 Å². The second-order valence-electron chi connectivity index (χ2n) is 4.66. The minimum Gasteiger partial charge on any atom is -0.508 e. The first kappa shape index (κ1) is 12.7. The smallest absolute Gasteiger partial charge is 0.224 e. The number of phenols is 1. The number of rotatable bonds is 5. The largest absolute Gasteiger partial charge is 0.508 e. The van der Waals surface area contributed by atoms with Crippen LogP contribution in [-0.4, -0.2) is 17.6 Å². The molecule has 0 aliphatic heterocycles. The number of benzene rings is 1. The van der Waals surface area contributed by atoms with Crippen LogP contribution in [0.5, 0.6) is 5.75 Å². The highest BCUT2D eigenvalue weighted by Crippen LogP contribution is 2.20. The van der Waals surface area contributed by atoms with Gasteiger partial charge in [-0.15, -0.1) is 0 Å². The van der Waals surface area contributed by atoms with Gasteiger partial charge in [0.1, 0.15) is 5.75 Å². The van der Waals surface area contributed by atoms with Crippen molar-refractivity contribution in [2.24, 2.45) is 0 Å². The van der Waals surface area contributed by atoms with Crippen molar-refractivity contribution in [3.63, 3.8) is 0 Å². The first-order valence-electron chi connectivity index (χ1n) is 6.47. The van der Waals surface area contributed by atoms with Gasteiger partial charge in [0.15, 0.2) is 0 Å². The first-order valence-corrected chi connectivity index (χ1v) is 6.47. The van der Waals surface area contributed by atoms with Crippen molar-refractivity contribution in [2.45, 2.75) is 32.1 Å². The number of amides is 1. The molecule has 1 aromatic carbocycles. The van der Waals surface area contributed by atoms with E-state index in [2.05, 4.69) is 11.4 Å². The van der Waals surface area contributed by atoms with Crippen molar-refractivity contribution < 1.29 is 9.90 Å². The molecule has 0 radical (unpaired) electrons. The summed E-state index contributed by atoms with van der Waals surface area (Å²) in [6, 6.07) is 6.95. The fourth-order valence-corrected chi connectivity index (χ4v) is 2.22. The van der Waals surface area contributed by atoms with E-state index in [1.807, 2.05) is 6.07 Å². The predicted octanol–water partition coefficient (Wildman–Crippen LogP) is 2.55. The lowest BCUT2D eigenvalue weighted by Gasteiger charge is -2.07. The van der Waals surface area contributed by atoms with Gasteiger partial charge < -0.3 is 10.4 Å². The van der Waals surface area contributed by atoms with E-state index in [1.54, 1.807) is 18.2 Å². The van der Waals surface area contributed by atoms with Gasteiger partial charge in [0, 0.05) is 12.1 Å². The number of carbonyl (C=O) groups excluding carboxylic acids is 1. The van der Waals surface area contributed by atoms with Crippen LogP contribution < -0.4 is 5.32 Å². The van der Waals surface area contributed by atoms with E-state index in [9.17, 15) is 9.90 Å². The van der Waals surface area contributed by atoms with Gasteiger partial charge in [-0.1, -0.05) is 29.8 Å². The molecule has 96 valence electrons. The Balaban J connectivity index is 1.73. The summed E-state index contributed by atoms with van der Waals surface area (Å²) in [5.74, 6) is 0.154. The molecule has 1 aromatic rings. The molecule has 0 aromatic heterocycles. The summed E-state index contributed by atoms with van der Waals surface area (Å²) < 4.78 is 0. The van der Waals surface area contributed by atoms with E-state index in [1.165, 1.54) is 24.8 Å². The number of para-hydroxylation sites is 1. The Labute approximate surface area is 108 Å². The normalized spacial score (nSPS) is 14.3. The number of hydrogen-bond donors (Lipinski definition) is 2. The van der Waals surface area contributed by atoms with Crippen LogP contribution >= 0.6 is 0 Å². The molecule has 0 heterocycles. The number of carbonyl (C=O) groups is 1. The van der Waals surface area contributed by atoms with Crippen LogP contribution in [0.25, 0.3) is 0 Å². The van der Waals surface area contributed by atoms with Gasteiger partial charge in [-0.3, -0.25) is 4.79 Å². The number of phenolic OH excluding ortho intramolecular Hbond substituents is 1. The van der Waals surface area contributed by atoms with Gasteiger partial charge >= 0.3 is 0 Å². The zero-order chi connectivity index (χ0) is 12.8. The third-order valence-electron chi connectivity index (χ3n) is 3.25. The summed E-state index contributed by atoms with van der Waals surface area (Å²) in [5.41, 5.74) is 2.13. The first-order chi connectivity index (χ1) is 8.75. The van der Waals surface area contributed by atoms with Crippen molar-refractivity contribution in [3.8, 4) is 5.75 Å². The molecule has 0 bridgehead atoms. The average Bonchev–Trinajstić information content (AvgIpc) is 2.85. The van der Waals surface area contributed by atoms with Crippen molar-refractivity contribution in [1.82, 2.24) is 5.32 Å². The van der Waals surface area contributed by atoms with Gasteiger partial charge in [-0.25, -0.2) is 0 Å². The summed E-state index contributed by atoms with van der Waals surface area (Å²) in [7, 11) is 0. The Morgan fingerprint density at radius 1 is 1.33 bits per heavy atom. The minimum absolute atomic E-state index is 0.0323. The fraction of sp³-hybridized carbons (Fsp3) is 0.400. The molecule has 1 aliphatic rings. The van der Waals surface area contributed by atoms with Gasteiger partial charge in [0.25, 0.3) is 0 Å². The van der Waals surface area contributed by atoms with Crippen LogP contribution in [0.3, 0.4) is 0 Å². The second kappa shape index (κ2) is 6.24. The maximum Gasteiger partial charge on any atom is 0.224 e. The van der Waals surface area contributed by atoms with Gasteiger partial charge in [0.05, 0.1) is 6.42 Å². The summed E-state index contributed by atoms with van der Waals surface area (Å²) in [6.45, 7) is 0.693. The van der Waals surface area contributed by atoms with Crippen LogP contribution in [0.1, 0.15) is 31.2 Å². The van der Waals surface area contributed by atoms with Crippen LogP contribution in [0.4, 0.5) is 0 Å². The Kier molecular flexibility index (Phi) is 4.40. The lowest BCUT2D eigenvalue weighted by molar-refractivity contribution is -0.120. The summed E-state index contributed by atoms with van der Waals surface area (Å²) in [4.78, 5) is 11.7. The van der Waals surface area contributed by atoms with Gasteiger partial charge in [-0.2, -0.15) is 0 Å². The lowest BCUT2D eigenvalue weighted by Crippen LogP contribution is -2.26. The molecule has 0 fully saturated rings. The number of nitrogens with one attached hydrogen (secondary N) is 1. The standard InChI is InChI=1S/C15H19NO2/c17-14-8-4-3-7-13(14)11-15(18)16-10-9-12-5-1-2-6-12/h3-5,7-8,17H,1-2,6,9-11H2,(H,16,18). The van der Waals surface area contributed by atoms with Crippen molar-refractivity contribution in [1.29, 1.82) is 0 Å². The molecular weight excluding hydrogens is 226 g/mol. The summed E-state index contributed by atoms with van der Waals surface area (Å²) in [6.07, 6.45) is 7.07. The minimum atomic E-state index is -0.0323. The molecule has 0 atom stereocenters. The molecule has 1 aliphatic carbocycles. The van der Waals surface area contributed by atoms with E-state index >= 15 is 0 Å². The molecule has 0 saturated carbocycles. The molecular formula is C15H19NO2. The van der Waals surface area contributed by atoms with Crippen molar-refractivity contribution in [2.75, 3.05) is 6.54 Å². The quantitative estimate of drug-likeness (QED) is 0.783. The van der Waals surface area contributed by atoms with E-state index in [0.29, 0.717) is 12.1 Å². The topological polar surface area (TPSA) is 49.3 Å². The Morgan fingerprint density at radius 2 is 2.17 bits per heavy atom. The molecule has 0 saturated heterocycles. The molecule has 0 spiro atoms. The highest BCUT2D eigenvalue weighted by atomic mass is 16.3. The Morgan fingerprint density at radius 3 is 2.89 bits per heavy atom. The van der Waals surface area contributed by atoms with E-state index in [0.717, 1.165) is 6.42 Å². The number of allylic oxidation sites excluding steroid dienone is 1. The summed E-state index contributed by atoms with van der Waals surface area (Å²) >= 11 is 0. The fourth-order valence-electron chi connectivity index (χ4n) is 2.22. The zero-order valence-corrected chi connectivity index (χ0v) is 10.5. The monoisotopic (exact) mass is 245 g/mol. The predicted molar refractivity (Wildman–Crippen MR) is 71.4 cm³/mol. The summed E-state index contributed by atoms with van der Waals surface area (Å²) in [5, 5.41) is 12.5. The van der Waals surface area contributed by atoms with Crippen LogP contribution in [0.2, 0.25) is 0 Å². The van der Waals surface area contributed by atoms with E-state index in [4.69, 9.17) is 0 Å². The maximum atomic E-state index is 11.7. The molecule has 18 heavy (non-hydrogen) atoms. The van der Waals surface area contributed by atoms with E-state index < -0.39 is 0 Å². The molecule has 2 N–H and O–H groups in total. The molecule has 2 rings (SSSR count). The van der Waals surface area contributed by atoms with Gasteiger partial charge in [0.2, 0.25) is 5.91 Å². The molecule has 3 heteroatoms. The average molecular weight is 245 g/mol. The maximum absolute atomic E-state index is 11.7. The van der Waals surface area contributed by atoms with Crippen LogP contribution in [-0.2, 0) is 11.2 Å². The van der Waals surface area contributed by atoms with Crippen LogP contribution in [0.15, 0.2) is 35.9 Å².